The number of hydrogen-bond donors (Lipinski definition) is 1. The molecule has 0 aliphatic heterocycles. The molecule has 2 aliphatic carbocycles. The summed E-state index contributed by atoms with van der Waals surface area (Å²) in [6, 6.07) is 0. The van der Waals surface area contributed by atoms with Crippen molar-refractivity contribution in [2.24, 2.45) is 53.3 Å². The Morgan fingerprint density at radius 1 is 0.923 bits per heavy atom. The van der Waals surface area contributed by atoms with Crippen LogP contribution in [0.2, 0.25) is 0 Å². The molecule has 26 heavy (non-hydrogen) atoms. The maximum absolute atomic E-state index is 9.74. The van der Waals surface area contributed by atoms with Crippen molar-refractivity contribution in [2.45, 2.75) is 106 Å². The van der Waals surface area contributed by atoms with E-state index in [1.807, 2.05) is 6.92 Å². The lowest BCUT2D eigenvalue weighted by Gasteiger charge is -2.37. The largest absolute Gasteiger partial charge is 0.393 e. The Kier molecular flexibility index (Phi) is 8.51. The fraction of sp³-hybridized carbons (Fsp3) is 1.00. The van der Waals surface area contributed by atoms with Gasteiger partial charge in [-0.25, -0.2) is 0 Å². The van der Waals surface area contributed by atoms with Crippen LogP contribution in [0, 0.1) is 53.3 Å². The Morgan fingerprint density at radius 3 is 2.19 bits per heavy atom. The van der Waals surface area contributed by atoms with Crippen LogP contribution in [0.3, 0.4) is 0 Å². The van der Waals surface area contributed by atoms with E-state index in [0.29, 0.717) is 5.92 Å². The molecule has 2 aliphatic rings. The molecule has 2 rings (SSSR count). The van der Waals surface area contributed by atoms with Gasteiger partial charge in [-0.15, -0.1) is 0 Å². The number of rotatable bonds is 10. The highest BCUT2D eigenvalue weighted by Gasteiger charge is 2.50. The van der Waals surface area contributed by atoms with Gasteiger partial charge in [-0.1, -0.05) is 73.6 Å². The average Bonchev–Trinajstić information content (AvgIpc) is 3.40. The van der Waals surface area contributed by atoms with Gasteiger partial charge in [0, 0.05) is 0 Å². The topological polar surface area (TPSA) is 20.2 Å². The van der Waals surface area contributed by atoms with E-state index in [0.717, 1.165) is 47.3 Å². The maximum atomic E-state index is 9.74. The first-order chi connectivity index (χ1) is 12.3. The van der Waals surface area contributed by atoms with Gasteiger partial charge in [0.1, 0.15) is 0 Å². The van der Waals surface area contributed by atoms with Crippen molar-refractivity contribution >= 4 is 0 Å². The third-order valence-electron chi connectivity index (χ3n) is 8.93. The van der Waals surface area contributed by atoms with Crippen molar-refractivity contribution in [1.82, 2.24) is 0 Å². The summed E-state index contributed by atoms with van der Waals surface area (Å²) in [6.45, 7) is 16.6. The third kappa shape index (κ3) is 5.49. The van der Waals surface area contributed by atoms with Gasteiger partial charge >= 0.3 is 0 Å². The predicted octanol–water partition coefficient (Wildman–Crippen LogP) is 7.18. The smallest absolute Gasteiger partial charge is 0.0537 e. The standard InChI is InChI=1S/C25H48O/c1-8-10-22-11-9-12-23(20(22)6)25-15-24(25)19(5)18(4)16(2)13-14-17(3)21(7)26/h16-26H,8-15H2,1-7H3. The molecule has 1 N–H and O–H groups in total. The van der Waals surface area contributed by atoms with E-state index in [1.165, 1.54) is 51.4 Å². The minimum Gasteiger partial charge on any atom is -0.393 e. The van der Waals surface area contributed by atoms with Gasteiger partial charge in [-0.3, -0.25) is 0 Å². The molecule has 154 valence electrons. The summed E-state index contributed by atoms with van der Waals surface area (Å²) < 4.78 is 0. The molecule has 0 spiro atoms. The maximum Gasteiger partial charge on any atom is 0.0537 e. The minimum absolute atomic E-state index is 0.161. The van der Waals surface area contributed by atoms with Crippen molar-refractivity contribution < 1.29 is 5.11 Å². The molecule has 2 saturated carbocycles. The quantitative estimate of drug-likeness (QED) is 0.435. The summed E-state index contributed by atoms with van der Waals surface area (Å²) in [5.41, 5.74) is 0. The van der Waals surface area contributed by atoms with Gasteiger partial charge in [0.05, 0.1) is 6.10 Å². The van der Waals surface area contributed by atoms with Gasteiger partial charge in [-0.05, 0) is 79.4 Å². The summed E-state index contributed by atoms with van der Waals surface area (Å²) >= 11 is 0. The molecule has 0 amide bonds. The first-order valence-corrected chi connectivity index (χ1v) is 12.0. The zero-order chi connectivity index (χ0) is 19.4. The van der Waals surface area contributed by atoms with Crippen LogP contribution in [0.5, 0.6) is 0 Å². The van der Waals surface area contributed by atoms with Crippen molar-refractivity contribution in [1.29, 1.82) is 0 Å². The summed E-state index contributed by atoms with van der Waals surface area (Å²) in [4.78, 5) is 0. The number of aliphatic hydroxyl groups excluding tert-OH is 1. The molecule has 0 radical (unpaired) electrons. The lowest BCUT2D eigenvalue weighted by molar-refractivity contribution is 0.115. The van der Waals surface area contributed by atoms with Crippen LogP contribution in [0.4, 0.5) is 0 Å². The van der Waals surface area contributed by atoms with E-state index in [-0.39, 0.29) is 6.10 Å². The lowest BCUT2D eigenvalue weighted by atomic mass is 9.68. The number of aliphatic hydroxyl groups is 1. The summed E-state index contributed by atoms with van der Waals surface area (Å²) in [6.07, 6.45) is 11.1. The highest BCUT2D eigenvalue weighted by Crippen LogP contribution is 2.57. The predicted molar refractivity (Wildman–Crippen MR) is 114 cm³/mol. The molecule has 0 aromatic heterocycles. The lowest BCUT2D eigenvalue weighted by Crippen LogP contribution is -2.29. The van der Waals surface area contributed by atoms with Gasteiger partial charge in [0.2, 0.25) is 0 Å². The Balaban J connectivity index is 1.82. The monoisotopic (exact) mass is 364 g/mol. The van der Waals surface area contributed by atoms with Crippen LogP contribution in [0.15, 0.2) is 0 Å². The normalized spacial score (nSPS) is 37.6. The molecule has 10 unspecified atom stereocenters. The molecule has 0 aromatic rings. The van der Waals surface area contributed by atoms with Gasteiger partial charge in [0.25, 0.3) is 0 Å². The fourth-order valence-electron chi connectivity index (χ4n) is 6.14. The Hall–Kier alpha value is -0.0400. The molecule has 0 bridgehead atoms. The van der Waals surface area contributed by atoms with Gasteiger partial charge in [0.15, 0.2) is 0 Å². The molecule has 0 saturated heterocycles. The second-order valence-electron chi connectivity index (χ2n) is 10.6. The molecule has 0 heterocycles. The van der Waals surface area contributed by atoms with Crippen molar-refractivity contribution in [2.75, 3.05) is 0 Å². The second kappa shape index (κ2) is 9.94. The Labute approximate surface area is 164 Å². The van der Waals surface area contributed by atoms with Crippen LogP contribution >= 0.6 is 0 Å². The van der Waals surface area contributed by atoms with Crippen LogP contribution < -0.4 is 0 Å². The molecule has 0 aromatic carbocycles. The van der Waals surface area contributed by atoms with Crippen molar-refractivity contribution in [3.05, 3.63) is 0 Å². The molecule has 10 atom stereocenters. The molecule has 1 nitrogen and oxygen atoms in total. The molecule has 1 heteroatoms. The fourth-order valence-corrected chi connectivity index (χ4v) is 6.14. The van der Waals surface area contributed by atoms with Crippen LogP contribution in [-0.4, -0.2) is 11.2 Å². The Bertz CT molecular complexity index is 401. The van der Waals surface area contributed by atoms with Crippen molar-refractivity contribution in [3.8, 4) is 0 Å². The summed E-state index contributed by atoms with van der Waals surface area (Å²) in [5.74, 6) is 7.92. The van der Waals surface area contributed by atoms with E-state index < -0.39 is 0 Å². The van der Waals surface area contributed by atoms with Crippen LogP contribution in [0.1, 0.15) is 99.8 Å². The SMILES string of the molecule is CCCC1CCCC(C2CC2C(C)C(C)C(C)CCC(C)C(C)O)C1C. The molecular formula is C25H48O. The first-order valence-electron chi connectivity index (χ1n) is 12.0. The summed E-state index contributed by atoms with van der Waals surface area (Å²) in [7, 11) is 0. The van der Waals surface area contributed by atoms with Gasteiger partial charge in [-0.2, -0.15) is 0 Å². The average molecular weight is 365 g/mol. The third-order valence-corrected chi connectivity index (χ3v) is 8.93. The van der Waals surface area contributed by atoms with E-state index in [2.05, 4.69) is 41.5 Å². The first kappa shape index (κ1) is 22.3. The van der Waals surface area contributed by atoms with Crippen LogP contribution in [0.25, 0.3) is 0 Å². The Morgan fingerprint density at radius 2 is 1.58 bits per heavy atom. The number of hydrogen-bond acceptors (Lipinski definition) is 1. The van der Waals surface area contributed by atoms with E-state index in [9.17, 15) is 5.11 Å². The molecule has 2 fully saturated rings. The van der Waals surface area contributed by atoms with E-state index in [4.69, 9.17) is 0 Å². The highest BCUT2D eigenvalue weighted by atomic mass is 16.3. The van der Waals surface area contributed by atoms with Crippen molar-refractivity contribution in [3.63, 3.8) is 0 Å². The molecular weight excluding hydrogens is 316 g/mol. The zero-order valence-electron chi connectivity index (χ0n) is 18.9. The summed E-state index contributed by atoms with van der Waals surface area (Å²) in [5, 5.41) is 9.74. The van der Waals surface area contributed by atoms with E-state index in [1.54, 1.807) is 0 Å². The zero-order valence-corrected chi connectivity index (χ0v) is 18.9. The van der Waals surface area contributed by atoms with Gasteiger partial charge < -0.3 is 5.11 Å². The highest BCUT2D eigenvalue weighted by molar-refractivity contribution is 4.99. The minimum atomic E-state index is -0.161. The second-order valence-corrected chi connectivity index (χ2v) is 10.6. The van der Waals surface area contributed by atoms with E-state index >= 15 is 0 Å². The van der Waals surface area contributed by atoms with Crippen LogP contribution in [-0.2, 0) is 0 Å².